The summed E-state index contributed by atoms with van der Waals surface area (Å²) >= 11 is 4.62. The lowest BCUT2D eigenvalue weighted by Gasteiger charge is -1.98. The number of thiophene rings is 1. The first kappa shape index (κ1) is 12.5. The molecule has 19 heavy (non-hydrogen) atoms. The van der Waals surface area contributed by atoms with Gasteiger partial charge in [-0.3, -0.25) is 4.79 Å². The average Bonchev–Trinajstić information content (AvgIpc) is 3.09. The topological polar surface area (TPSA) is 54.9 Å². The number of thiazole rings is 2. The Morgan fingerprint density at radius 3 is 2.95 bits per heavy atom. The van der Waals surface area contributed by atoms with Crippen LogP contribution in [0, 0.1) is 0 Å². The Balaban J connectivity index is 1.65. The first-order valence-corrected chi connectivity index (χ1v) is 8.13. The highest BCUT2D eigenvalue weighted by atomic mass is 32.1. The Bertz CT molecular complexity index is 658. The summed E-state index contributed by atoms with van der Waals surface area (Å²) in [6.07, 6.45) is 1.94. The predicted molar refractivity (Wildman–Crippen MR) is 79.9 cm³/mol. The monoisotopic (exact) mass is 307 g/mol. The lowest BCUT2D eigenvalue weighted by Crippen LogP contribution is -2.14. The lowest BCUT2D eigenvalue weighted by molar-refractivity contribution is -0.115. The van der Waals surface area contributed by atoms with Gasteiger partial charge in [0, 0.05) is 17.0 Å². The van der Waals surface area contributed by atoms with Gasteiger partial charge in [-0.25, -0.2) is 9.97 Å². The van der Waals surface area contributed by atoms with Crippen LogP contribution in [-0.4, -0.2) is 15.9 Å². The molecule has 0 aliphatic heterocycles. The summed E-state index contributed by atoms with van der Waals surface area (Å²) in [4.78, 5) is 21.4. The van der Waals surface area contributed by atoms with Gasteiger partial charge in [0.1, 0.15) is 5.01 Å². The number of carbonyl (C=O) groups is 1. The summed E-state index contributed by atoms with van der Waals surface area (Å²) in [6.45, 7) is 0. The maximum absolute atomic E-state index is 11.8. The van der Waals surface area contributed by atoms with E-state index in [0.717, 1.165) is 15.6 Å². The molecule has 0 fully saturated rings. The molecular weight excluding hydrogens is 298 g/mol. The molecule has 1 amide bonds. The zero-order valence-corrected chi connectivity index (χ0v) is 12.1. The van der Waals surface area contributed by atoms with Gasteiger partial charge in [0.2, 0.25) is 5.91 Å². The highest BCUT2D eigenvalue weighted by molar-refractivity contribution is 7.20. The molecular formula is C12H9N3OS3. The van der Waals surface area contributed by atoms with E-state index in [0.29, 0.717) is 5.13 Å². The Hall–Kier alpha value is -1.57. The fourth-order valence-electron chi connectivity index (χ4n) is 1.51. The molecule has 0 atom stereocenters. The van der Waals surface area contributed by atoms with Crippen molar-refractivity contribution in [1.29, 1.82) is 0 Å². The number of nitrogens with zero attached hydrogens (tertiary/aromatic N) is 2. The van der Waals surface area contributed by atoms with Gasteiger partial charge in [0.15, 0.2) is 5.13 Å². The van der Waals surface area contributed by atoms with Gasteiger partial charge >= 0.3 is 0 Å². The highest BCUT2D eigenvalue weighted by Gasteiger charge is 2.10. The minimum Gasteiger partial charge on any atom is -0.302 e. The van der Waals surface area contributed by atoms with Crippen LogP contribution in [0.5, 0.6) is 0 Å². The molecule has 3 aromatic heterocycles. The number of nitrogens with one attached hydrogen (secondary N) is 1. The molecule has 0 aliphatic carbocycles. The van der Waals surface area contributed by atoms with Crippen molar-refractivity contribution in [3.8, 4) is 9.88 Å². The molecule has 0 aromatic carbocycles. The van der Waals surface area contributed by atoms with E-state index in [-0.39, 0.29) is 12.3 Å². The third-order valence-electron chi connectivity index (χ3n) is 2.30. The van der Waals surface area contributed by atoms with Crippen LogP contribution < -0.4 is 5.32 Å². The van der Waals surface area contributed by atoms with Gasteiger partial charge in [-0.1, -0.05) is 6.07 Å². The Kier molecular flexibility index (Phi) is 3.67. The van der Waals surface area contributed by atoms with E-state index in [4.69, 9.17) is 0 Å². The minimum absolute atomic E-state index is 0.0852. The number of hydrogen-bond acceptors (Lipinski definition) is 6. The van der Waals surface area contributed by atoms with E-state index in [2.05, 4.69) is 15.3 Å². The Morgan fingerprint density at radius 2 is 2.21 bits per heavy atom. The second-order valence-corrected chi connectivity index (χ2v) is 6.38. The number of anilines is 1. The summed E-state index contributed by atoms with van der Waals surface area (Å²) in [7, 11) is 0. The van der Waals surface area contributed by atoms with Crippen molar-refractivity contribution in [1.82, 2.24) is 9.97 Å². The molecule has 7 heteroatoms. The fourth-order valence-corrected chi connectivity index (χ4v) is 3.69. The van der Waals surface area contributed by atoms with Gasteiger partial charge in [0.05, 0.1) is 17.0 Å². The summed E-state index contributed by atoms with van der Waals surface area (Å²) in [5, 5.41) is 10.1. The van der Waals surface area contributed by atoms with E-state index in [1.54, 1.807) is 28.9 Å². The number of amides is 1. The second kappa shape index (κ2) is 5.60. The van der Waals surface area contributed by atoms with E-state index in [9.17, 15) is 4.79 Å². The second-order valence-electron chi connectivity index (χ2n) is 3.68. The van der Waals surface area contributed by atoms with Crippen molar-refractivity contribution in [3.63, 3.8) is 0 Å². The van der Waals surface area contributed by atoms with Crippen LogP contribution in [0.1, 0.15) is 5.69 Å². The minimum atomic E-state index is -0.0852. The maximum atomic E-state index is 11.8. The van der Waals surface area contributed by atoms with Gasteiger partial charge < -0.3 is 5.32 Å². The molecule has 0 spiro atoms. The summed E-state index contributed by atoms with van der Waals surface area (Å²) in [5.41, 5.74) is 0.794. The van der Waals surface area contributed by atoms with Gasteiger partial charge in [0.25, 0.3) is 0 Å². The van der Waals surface area contributed by atoms with Gasteiger partial charge in [-0.2, -0.15) is 0 Å². The van der Waals surface area contributed by atoms with Crippen LogP contribution in [0.25, 0.3) is 9.88 Å². The van der Waals surface area contributed by atoms with Crippen molar-refractivity contribution in [2.24, 2.45) is 0 Å². The molecule has 3 rings (SSSR count). The first-order valence-electron chi connectivity index (χ1n) is 5.49. The van der Waals surface area contributed by atoms with E-state index < -0.39 is 0 Å². The molecule has 4 nitrogen and oxygen atoms in total. The van der Waals surface area contributed by atoms with Crippen molar-refractivity contribution in [2.75, 3.05) is 5.32 Å². The van der Waals surface area contributed by atoms with Crippen molar-refractivity contribution in [3.05, 3.63) is 40.2 Å². The largest absolute Gasteiger partial charge is 0.302 e. The predicted octanol–water partition coefficient (Wildman–Crippen LogP) is 3.51. The van der Waals surface area contributed by atoms with Crippen LogP contribution in [0.4, 0.5) is 5.13 Å². The number of aromatic nitrogens is 2. The zero-order valence-electron chi connectivity index (χ0n) is 9.70. The number of carbonyl (C=O) groups excluding carboxylic acids is 1. The number of rotatable bonds is 4. The number of hydrogen-bond donors (Lipinski definition) is 1. The van der Waals surface area contributed by atoms with Gasteiger partial charge in [-0.15, -0.1) is 34.0 Å². The first-order chi connectivity index (χ1) is 9.31. The molecule has 0 bridgehead atoms. The van der Waals surface area contributed by atoms with Crippen LogP contribution in [0.15, 0.2) is 34.5 Å². The Morgan fingerprint density at radius 1 is 1.26 bits per heavy atom. The smallest absolute Gasteiger partial charge is 0.232 e. The van der Waals surface area contributed by atoms with Crippen molar-refractivity contribution in [2.45, 2.75) is 6.42 Å². The molecule has 0 aliphatic rings. The molecule has 0 radical (unpaired) electrons. The third-order valence-corrected chi connectivity index (χ3v) is 4.92. The molecule has 0 saturated heterocycles. The average molecular weight is 307 g/mol. The molecule has 1 N–H and O–H groups in total. The van der Waals surface area contributed by atoms with Gasteiger partial charge in [-0.05, 0) is 11.4 Å². The molecule has 3 heterocycles. The molecule has 3 aromatic rings. The molecule has 96 valence electrons. The normalized spacial score (nSPS) is 10.5. The highest BCUT2D eigenvalue weighted by Crippen LogP contribution is 2.27. The van der Waals surface area contributed by atoms with Crippen molar-refractivity contribution >= 4 is 45.0 Å². The van der Waals surface area contributed by atoms with Crippen LogP contribution in [-0.2, 0) is 11.2 Å². The van der Waals surface area contributed by atoms with E-state index in [1.807, 2.05) is 28.3 Å². The SMILES string of the molecule is O=C(Cc1csc(-c2cccs2)n1)Nc1nccs1. The Labute approximate surface area is 121 Å². The zero-order chi connectivity index (χ0) is 13.1. The van der Waals surface area contributed by atoms with Crippen LogP contribution in [0.3, 0.4) is 0 Å². The standard InChI is InChI=1S/C12H9N3OS3/c16-10(15-12-13-3-5-18-12)6-8-7-19-11(14-8)9-2-1-4-17-9/h1-5,7H,6H2,(H,13,15,16). The summed E-state index contributed by atoms with van der Waals surface area (Å²) in [6, 6.07) is 4.03. The lowest BCUT2D eigenvalue weighted by atomic mass is 10.3. The molecule has 0 saturated carbocycles. The fraction of sp³-hybridized carbons (Fsp3) is 0.0833. The van der Waals surface area contributed by atoms with Crippen LogP contribution >= 0.6 is 34.0 Å². The third kappa shape index (κ3) is 3.06. The summed E-state index contributed by atoms with van der Waals surface area (Å²) in [5.74, 6) is -0.0852. The quantitative estimate of drug-likeness (QED) is 0.802. The van der Waals surface area contributed by atoms with E-state index >= 15 is 0 Å². The molecule has 0 unspecified atom stereocenters. The maximum Gasteiger partial charge on any atom is 0.232 e. The van der Waals surface area contributed by atoms with Crippen LogP contribution in [0.2, 0.25) is 0 Å². The van der Waals surface area contributed by atoms with E-state index in [1.165, 1.54) is 11.3 Å². The van der Waals surface area contributed by atoms with Crippen molar-refractivity contribution < 1.29 is 4.79 Å². The summed E-state index contributed by atoms with van der Waals surface area (Å²) < 4.78 is 0.